The van der Waals surface area contributed by atoms with E-state index in [0.717, 1.165) is 0 Å². The van der Waals surface area contributed by atoms with Gasteiger partial charge in [-0.25, -0.2) is 4.39 Å². The minimum absolute atomic E-state index is 0.116. The highest BCUT2D eigenvalue weighted by atomic mass is 19.1. The van der Waals surface area contributed by atoms with Crippen LogP contribution in [0.25, 0.3) is 5.57 Å². The number of rotatable bonds is 3. The van der Waals surface area contributed by atoms with Gasteiger partial charge in [0.1, 0.15) is 5.82 Å². The van der Waals surface area contributed by atoms with Crippen LogP contribution in [-0.2, 0) is 4.79 Å². The number of ketones is 1. The van der Waals surface area contributed by atoms with Crippen molar-refractivity contribution < 1.29 is 9.18 Å². The molecule has 1 nitrogen and oxygen atoms in total. The van der Waals surface area contributed by atoms with Gasteiger partial charge in [0.25, 0.3) is 0 Å². The maximum atomic E-state index is 13.3. The highest BCUT2D eigenvalue weighted by Crippen LogP contribution is 2.19. The predicted octanol–water partition coefficient (Wildman–Crippen LogP) is 4.09. The van der Waals surface area contributed by atoms with Crippen LogP contribution in [0.4, 0.5) is 4.39 Å². The lowest BCUT2D eigenvalue weighted by Gasteiger charge is -2.08. The molecular weight excluding hydrogens is 203 g/mol. The molecule has 1 aromatic rings. The van der Waals surface area contributed by atoms with Gasteiger partial charge in [0, 0.05) is 17.1 Å². The highest BCUT2D eigenvalue weighted by Gasteiger charge is 2.15. The molecule has 0 amide bonds. The Morgan fingerprint density at radius 2 is 1.75 bits per heavy atom. The summed E-state index contributed by atoms with van der Waals surface area (Å²) in [5.41, 5.74) is 0.546. The maximum Gasteiger partial charge on any atom is 0.165 e. The third-order valence-corrected chi connectivity index (χ3v) is 2.02. The predicted molar refractivity (Wildman–Crippen MR) is 66.6 cm³/mol. The molecule has 0 aliphatic rings. The van der Waals surface area contributed by atoms with Crippen LogP contribution in [0.3, 0.4) is 0 Å². The summed E-state index contributed by atoms with van der Waals surface area (Å²) in [5, 5.41) is 0. The van der Waals surface area contributed by atoms with Crippen LogP contribution in [-0.4, -0.2) is 5.78 Å². The molecule has 16 heavy (non-hydrogen) atoms. The van der Waals surface area contributed by atoms with Crippen LogP contribution in [0.1, 0.15) is 33.3 Å². The number of hydrogen-bond donors (Lipinski definition) is 0. The third-order valence-electron chi connectivity index (χ3n) is 2.02. The topological polar surface area (TPSA) is 17.1 Å². The Hall–Kier alpha value is -1.44. The second-order valence-corrected chi connectivity index (χ2v) is 3.48. The van der Waals surface area contributed by atoms with Crippen molar-refractivity contribution in [3.05, 3.63) is 42.2 Å². The summed E-state index contributed by atoms with van der Waals surface area (Å²) in [5.74, 6) is -0.663. The lowest BCUT2D eigenvalue weighted by molar-refractivity contribution is -0.116. The molecule has 0 fully saturated rings. The lowest BCUT2D eigenvalue weighted by atomic mass is 9.96. The van der Waals surface area contributed by atoms with Crippen molar-refractivity contribution in [3.8, 4) is 0 Å². The van der Waals surface area contributed by atoms with Gasteiger partial charge in [0.15, 0.2) is 5.78 Å². The molecule has 0 N–H and O–H groups in total. The number of allylic oxidation sites excluding steroid dienone is 1. The first-order valence-corrected chi connectivity index (χ1v) is 5.52. The second-order valence-electron chi connectivity index (χ2n) is 3.48. The van der Waals surface area contributed by atoms with Crippen LogP contribution in [0.5, 0.6) is 0 Å². The Labute approximate surface area is 97.0 Å². The molecule has 0 bridgehead atoms. The summed E-state index contributed by atoms with van der Waals surface area (Å²) in [6, 6.07) is 6.18. The molecule has 0 spiro atoms. The maximum absolute atomic E-state index is 13.3. The first kappa shape index (κ1) is 14.6. The minimum Gasteiger partial charge on any atom is -0.294 e. The molecule has 1 aromatic carbocycles. The van der Waals surface area contributed by atoms with E-state index in [9.17, 15) is 9.18 Å². The number of carbonyl (C=O) groups is 1. The van der Waals surface area contributed by atoms with Gasteiger partial charge >= 0.3 is 0 Å². The molecule has 0 atom stereocenters. The minimum atomic E-state index is -0.397. The van der Waals surface area contributed by atoms with Crippen molar-refractivity contribution in [2.24, 2.45) is 5.92 Å². The van der Waals surface area contributed by atoms with Gasteiger partial charge in [-0.05, 0) is 6.07 Å². The number of carbonyl (C=O) groups excluding carboxylic acids is 1. The van der Waals surface area contributed by atoms with Gasteiger partial charge < -0.3 is 0 Å². The van der Waals surface area contributed by atoms with Gasteiger partial charge in [-0.15, -0.1) is 0 Å². The zero-order valence-corrected chi connectivity index (χ0v) is 10.4. The van der Waals surface area contributed by atoms with Crippen molar-refractivity contribution in [2.75, 3.05) is 0 Å². The van der Waals surface area contributed by atoms with Crippen LogP contribution in [0, 0.1) is 11.7 Å². The van der Waals surface area contributed by atoms with E-state index in [0.29, 0.717) is 5.56 Å². The fourth-order valence-corrected chi connectivity index (χ4v) is 1.19. The molecule has 88 valence electrons. The van der Waals surface area contributed by atoms with E-state index in [1.807, 2.05) is 13.8 Å². The normalized spacial score (nSPS) is 9.38. The van der Waals surface area contributed by atoms with E-state index in [-0.39, 0.29) is 17.3 Å². The Bertz CT molecular complexity index is 367. The smallest absolute Gasteiger partial charge is 0.165 e. The SMILES string of the molecule is C=C(C(=O)C(C)C)c1ccccc1F.CC. The molecule has 2 heteroatoms. The fourth-order valence-electron chi connectivity index (χ4n) is 1.19. The zero-order chi connectivity index (χ0) is 12.7. The van der Waals surface area contributed by atoms with Gasteiger partial charge in [-0.2, -0.15) is 0 Å². The van der Waals surface area contributed by atoms with Gasteiger partial charge in [-0.1, -0.05) is 52.5 Å². The van der Waals surface area contributed by atoms with E-state index in [4.69, 9.17) is 0 Å². The first-order valence-electron chi connectivity index (χ1n) is 5.52. The van der Waals surface area contributed by atoms with Gasteiger partial charge in [-0.3, -0.25) is 4.79 Å². The number of Topliss-reactive ketones (excluding diaryl/α,β-unsaturated/α-hetero) is 1. The number of benzene rings is 1. The van der Waals surface area contributed by atoms with Crippen molar-refractivity contribution in [1.82, 2.24) is 0 Å². The molecule has 0 aromatic heterocycles. The molecule has 0 saturated heterocycles. The van der Waals surface area contributed by atoms with Crippen LogP contribution >= 0.6 is 0 Å². The first-order chi connectivity index (χ1) is 7.54. The van der Waals surface area contributed by atoms with Crippen LogP contribution in [0.15, 0.2) is 30.8 Å². The number of halogens is 1. The average molecular weight is 222 g/mol. The van der Waals surface area contributed by atoms with Crippen LogP contribution in [0.2, 0.25) is 0 Å². The lowest BCUT2D eigenvalue weighted by Crippen LogP contribution is -2.09. The molecule has 0 radical (unpaired) electrons. The quantitative estimate of drug-likeness (QED) is 0.704. The number of hydrogen-bond acceptors (Lipinski definition) is 1. The van der Waals surface area contributed by atoms with E-state index < -0.39 is 5.82 Å². The highest BCUT2D eigenvalue weighted by molar-refractivity contribution is 6.20. The zero-order valence-electron chi connectivity index (χ0n) is 10.4. The summed E-state index contributed by atoms with van der Waals surface area (Å²) in [4.78, 5) is 11.5. The van der Waals surface area contributed by atoms with Crippen molar-refractivity contribution in [3.63, 3.8) is 0 Å². The fraction of sp³-hybridized carbons (Fsp3) is 0.357. The largest absolute Gasteiger partial charge is 0.294 e. The summed E-state index contributed by atoms with van der Waals surface area (Å²) in [6.45, 7) is 11.2. The molecule has 0 unspecified atom stereocenters. The van der Waals surface area contributed by atoms with E-state index in [1.54, 1.807) is 32.0 Å². The summed E-state index contributed by atoms with van der Waals surface area (Å²) in [6.07, 6.45) is 0. The van der Waals surface area contributed by atoms with Crippen molar-refractivity contribution >= 4 is 11.4 Å². The Balaban J connectivity index is 0.00000106. The standard InChI is InChI=1S/C12H13FO.C2H6/c1-8(2)12(14)9(3)10-6-4-5-7-11(10)13;1-2/h4-8H,3H2,1-2H3;1-2H3. The van der Waals surface area contributed by atoms with Gasteiger partial charge in [0.05, 0.1) is 0 Å². The molecular formula is C14H19FO. The summed E-state index contributed by atoms with van der Waals surface area (Å²) >= 11 is 0. The molecule has 1 rings (SSSR count). The van der Waals surface area contributed by atoms with E-state index >= 15 is 0 Å². The molecule has 0 heterocycles. The Morgan fingerprint density at radius 1 is 1.25 bits per heavy atom. The van der Waals surface area contributed by atoms with Gasteiger partial charge in [0.2, 0.25) is 0 Å². The monoisotopic (exact) mass is 222 g/mol. The molecule has 0 aliphatic carbocycles. The van der Waals surface area contributed by atoms with Crippen molar-refractivity contribution in [1.29, 1.82) is 0 Å². The second kappa shape index (κ2) is 6.94. The van der Waals surface area contributed by atoms with E-state index in [2.05, 4.69) is 6.58 Å². The third kappa shape index (κ3) is 3.61. The summed E-state index contributed by atoms with van der Waals surface area (Å²) in [7, 11) is 0. The average Bonchev–Trinajstić information content (AvgIpc) is 2.30. The van der Waals surface area contributed by atoms with Crippen molar-refractivity contribution in [2.45, 2.75) is 27.7 Å². The molecule has 0 saturated carbocycles. The Morgan fingerprint density at radius 3 is 2.19 bits per heavy atom. The Kier molecular flexibility index (Phi) is 6.31. The molecule has 0 aliphatic heterocycles. The van der Waals surface area contributed by atoms with Crippen LogP contribution < -0.4 is 0 Å². The summed E-state index contributed by atoms with van der Waals surface area (Å²) < 4.78 is 13.3. The van der Waals surface area contributed by atoms with E-state index in [1.165, 1.54) is 6.07 Å².